The van der Waals surface area contributed by atoms with Gasteiger partial charge >= 0.3 is 6.03 Å². The Morgan fingerprint density at radius 1 is 1.00 bits per heavy atom. The van der Waals surface area contributed by atoms with E-state index in [0.717, 1.165) is 4.90 Å². The molecule has 2 saturated heterocycles. The largest absolute Gasteiger partial charge is 0.494 e. The highest BCUT2D eigenvalue weighted by atomic mass is 32.2. The summed E-state index contributed by atoms with van der Waals surface area (Å²) in [6, 6.07) is 14.3. The van der Waals surface area contributed by atoms with E-state index in [1.165, 1.54) is 21.3 Å². The predicted octanol–water partition coefficient (Wildman–Crippen LogP) is 1.39. The van der Waals surface area contributed by atoms with Gasteiger partial charge in [0.25, 0.3) is 5.91 Å². The van der Waals surface area contributed by atoms with Gasteiger partial charge in [-0.2, -0.15) is 4.31 Å². The summed E-state index contributed by atoms with van der Waals surface area (Å²) in [4.78, 5) is 41.3. The third-order valence-corrected chi connectivity index (χ3v) is 8.20. The molecule has 35 heavy (non-hydrogen) atoms. The number of piperazine rings is 1. The summed E-state index contributed by atoms with van der Waals surface area (Å²) in [5, 5.41) is 2.69. The molecule has 1 N–H and O–H groups in total. The average Bonchev–Trinajstić information content (AvgIpc) is 3.09. The molecule has 0 bridgehead atoms. The summed E-state index contributed by atoms with van der Waals surface area (Å²) in [7, 11) is -3.65. The zero-order valence-electron chi connectivity index (χ0n) is 19.6. The van der Waals surface area contributed by atoms with Gasteiger partial charge in [-0.05, 0) is 43.7 Å². The van der Waals surface area contributed by atoms with Gasteiger partial charge in [-0.3, -0.25) is 14.5 Å². The molecule has 2 heterocycles. The summed E-state index contributed by atoms with van der Waals surface area (Å²) in [5.41, 5.74) is -0.723. The van der Waals surface area contributed by atoms with E-state index in [9.17, 15) is 22.8 Å². The predicted molar refractivity (Wildman–Crippen MR) is 127 cm³/mol. The van der Waals surface area contributed by atoms with Gasteiger partial charge in [-0.15, -0.1) is 0 Å². The Bertz CT molecular complexity index is 1210. The normalized spacial score (nSPS) is 21.2. The van der Waals surface area contributed by atoms with Crippen molar-refractivity contribution in [3.8, 4) is 5.75 Å². The Morgan fingerprint density at radius 3 is 2.23 bits per heavy atom. The van der Waals surface area contributed by atoms with Crippen LogP contribution in [0.4, 0.5) is 4.79 Å². The molecule has 0 saturated carbocycles. The van der Waals surface area contributed by atoms with Gasteiger partial charge in [0.15, 0.2) is 0 Å². The highest BCUT2D eigenvalue weighted by Gasteiger charge is 2.49. The van der Waals surface area contributed by atoms with Crippen LogP contribution in [-0.4, -0.2) is 79.7 Å². The summed E-state index contributed by atoms with van der Waals surface area (Å²) in [5.74, 6) is -0.288. The van der Waals surface area contributed by atoms with Crippen LogP contribution in [0.25, 0.3) is 0 Å². The molecule has 0 aromatic heterocycles. The third kappa shape index (κ3) is 4.73. The SMILES string of the molecule is CCOc1ccc([C@]2(C)NC(=O)N(CC(=O)N3CCN(S(=O)(=O)c4ccccc4)CC3)C2=O)cc1. The molecule has 4 amide bonds. The lowest BCUT2D eigenvalue weighted by Gasteiger charge is -2.34. The van der Waals surface area contributed by atoms with Gasteiger partial charge in [0.1, 0.15) is 17.8 Å². The number of hydrogen-bond donors (Lipinski definition) is 1. The van der Waals surface area contributed by atoms with Crippen molar-refractivity contribution in [2.24, 2.45) is 0 Å². The number of sulfonamides is 1. The molecule has 0 aliphatic carbocycles. The molecule has 4 rings (SSSR count). The van der Waals surface area contributed by atoms with Crippen LogP contribution in [0.5, 0.6) is 5.75 Å². The number of rotatable bonds is 7. The third-order valence-electron chi connectivity index (χ3n) is 6.28. The van der Waals surface area contributed by atoms with E-state index in [1.807, 2.05) is 6.92 Å². The number of hydrogen-bond acceptors (Lipinski definition) is 6. The highest BCUT2D eigenvalue weighted by Crippen LogP contribution is 2.30. The number of carbonyl (C=O) groups is 3. The molecule has 2 aliphatic heterocycles. The molecule has 0 radical (unpaired) electrons. The maximum atomic E-state index is 13.2. The fourth-order valence-electron chi connectivity index (χ4n) is 4.24. The van der Waals surface area contributed by atoms with Crippen LogP contribution in [0.2, 0.25) is 0 Å². The average molecular weight is 501 g/mol. The minimum Gasteiger partial charge on any atom is -0.494 e. The number of carbonyl (C=O) groups excluding carboxylic acids is 3. The molecule has 11 heteroatoms. The first kappa shape index (κ1) is 24.7. The fraction of sp³-hybridized carbons (Fsp3) is 0.375. The number of ether oxygens (including phenoxy) is 1. The maximum Gasteiger partial charge on any atom is 0.325 e. The van der Waals surface area contributed by atoms with E-state index < -0.39 is 40.0 Å². The van der Waals surface area contributed by atoms with Gasteiger partial charge in [0.2, 0.25) is 15.9 Å². The van der Waals surface area contributed by atoms with Crippen LogP contribution in [0.15, 0.2) is 59.5 Å². The summed E-state index contributed by atoms with van der Waals surface area (Å²) < 4.78 is 32.4. The highest BCUT2D eigenvalue weighted by molar-refractivity contribution is 7.89. The van der Waals surface area contributed by atoms with E-state index in [2.05, 4.69) is 5.32 Å². The fourth-order valence-corrected chi connectivity index (χ4v) is 5.69. The second kappa shape index (κ2) is 9.67. The second-order valence-corrected chi connectivity index (χ2v) is 10.4. The summed E-state index contributed by atoms with van der Waals surface area (Å²) in [6.07, 6.45) is 0. The Hall–Kier alpha value is -3.44. The van der Waals surface area contributed by atoms with Crippen molar-refractivity contribution in [2.75, 3.05) is 39.3 Å². The van der Waals surface area contributed by atoms with Crippen LogP contribution >= 0.6 is 0 Å². The lowest BCUT2D eigenvalue weighted by molar-refractivity contribution is -0.139. The quantitative estimate of drug-likeness (QED) is 0.575. The lowest BCUT2D eigenvalue weighted by atomic mass is 9.92. The topological polar surface area (TPSA) is 116 Å². The lowest BCUT2D eigenvalue weighted by Crippen LogP contribution is -2.53. The zero-order chi connectivity index (χ0) is 25.2. The number of nitrogens with zero attached hydrogens (tertiary/aromatic N) is 3. The van der Waals surface area contributed by atoms with Crippen LogP contribution in [0, 0.1) is 0 Å². The molecule has 0 spiro atoms. The minimum atomic E-state index is -3.65. The van der Waals surface area contributed by atoms with E-state index in [-0.39, 0.29) is 31.1 Å². The molecular formula is C24H28N4O6S. The molecule has 0 unspecified atom stereocenters. The van der Waals surface area contributed by atoms with Crippen molar-refractivity contribution in [3.63, 3.8) is 0 Å². The van der Waals surface area contributed by atoms with Crippen molar-refractivity contribution in [2.45, 2.75) is 24.3 Å². The molecule has 186 valence electrons. The van der Waals surface area contributed by atoms with Crippen LogP contribution in [-0.2, 0) is 25.2 Å². The van der Waals surface area contributed by atoms with Crippen molar-refractivity contribution in [1.29, 1.82) is 0 Å². The molecular weight excluding hydrogens is 472 g/mol. The Labute approximate surface area is 204 Å². The van der Waals surface area contributed by atoms with Gasteiger partial charge in [0, 0.05) is 26.2 Å². The number of urea groups is 1. The van der Waals surface area contributed by atoms with E-state index in [1.54, 1.807) is 49.4 Å². The molecule has 10 nitrogen and oxygen atoms in total. The number of nitrogens with one attached hydrogen (secondary N) is 1. The van der Waals surface area contributed by atoms with Crippen molar-refractivity contribution < 1.29 is 27.5 Å². The number of imide groups is 1. The molecule has 2 fully saturated rings. The molecule has 2 aromatic carbocycles. The minimum absolute atomic E-state index is 0.132. The standard InChI is InChI=1S/C24H28N4O6S/c1-3-34-19-11-9-18(10-12-19)24(2)22(30)28(23(31)25-24)17-21(29)26-13-15-27(16-14-26)35(32,33)20-7-5-4-6-8-20/h4-12H,3,13-17H2,1-2H3,(H,25,31)/t24-/m0/s1. The smallest absolute Gasteiger partial charge is 0.325 e. The van der Waals surface area contributed by atoms with Gasteiger partial charge < -0.3 is 15.0 Å². The maximum absolute atomic E-state index is 13.2. The summed E-state index contributed by atoms with van der Waals surface area (Å²) >= 11 is 0. The first-order valence-corrected chi connectivity index (χ1v) is 12.8. The Balaban J connectivity index is 1.39. The van der Waals surface area contributed by atoms with Crippen molar-refractivity contribution in [1.82, 2.24) is 19.4 Å². The molecule has 1 atom stereocenters. The van der Waals surface area contributed by atoms with Crippen molar-refractivity contribution >= 4 is 27.9 Å². The van der Waals surface area contributed by atoms with Crippen LogP contribution in [0.3, 0.4) is 0 Å². The Kier molecular flexibility index (Phi) is 6.82. The zero-order valence-corrected chi connectivity index (χ0v) is 20.5. The van der Waals surface area contributed by atoms with Crippen LogP contribution in [0.1, 0.15) is 19.4 Å². The molecule has 2 aliphatic rings. The number of benzene rings is 2. The van der Waals surface area contributed by atoms with Gasteiger partial charge in [-0.25, -0.2) is 13.2 Å². The van der Waals surface area contributed by atoms with E-state index in [4.69, 9.17) is 4.74 Å². The first-order chi connectivity index (χ1) is 16.7. The number of amides is 4. The van der Waals surface area contributed by atoms with E-state index in [0.29, 0.717) is 17.9 Å². The van der Waals surface area contributed by atoms with E-state index >= 15 is 0 Å². The van der Waals surface area contributed by atoms with Crippen molar-refractivity contribution in [3.05, 3.63) is 60.2 Å². The monoisotopic (exact) mass is 500 g/mol. The van der Waals surface area contributed by atoms with Crippen LogP contribution < -0.4 is 10.1 Å². The second-order valence-electron chi connectivity index (χ2n) is 8.50. The first-order valence-electron chi connectivity index (χ1n) is 11.4. The molecule has 2 aromatic rings. The van der Waals surface area contributed by atoms with Gasteiger partial charge in [-0.1, -0.05) is 30.3 Å². The Morgan fingerprint density at radius 2 is 1.63 bits per heavy atom. The van der Waals surface area contributed by atoms with Gasteiger partial charge in [0.05, 0.1) is 11.5 Å². The summed E-state index contributed by atoms with van der Waals surface area (Å²) in [6.45, 7) is 4.17.